The molecule has 0 saturated heterocycles. The fraction of sp³-hybridized carbons (Fsp3) is 0.651. The molecule has 0 unspecified atom stereocenters. The van der Waals surface area contributed by atoms with E-state index in [1.807, 2.05) is 36.4 Å². The molecule has 6 N–H and O–H groups in total. The quantitative estimate of drug-likeness (QED) is 0.0512. The molecule has 366 valence electrons. The van der Waals surface area contributed by atoms with Crippen molar-refractivity contribution in [3.8, 4) is 0 Å². The number of carboxylic acid groups (broad SMARTS) is 3. The van der Waals surface area contributed by atoms with Gasteiger partial charge in [0, 0.05) is 51.4 Å². The minimum atomic E-state index is -1.49. The highest BCUT2D eigenvalue weighted by molar-refractivity contribution is 5.86. The summed E-state index contributed by atoms with van der Waals surface area (Å²) in [7, 11) is 0. The average Bonchev–Trinajstić information content (AvgIpc) is 3.28. The van der Waals surface area contributed by atoms with Crippen molar-refractivity contribution in [1.29, 1.82) is 0 Å². The zero-order valence-corrected chi connectivity index (χ0v) is 37.1. The van der Waals surface area contributed by atoms with Crippen LogP contribution in [-0.2, 0) is 70.2 Å². The minimum absolute atomic E-state index is 0.0301. The molecule has 2 heterocycles. The van der Waals surface area contributed by atoms with Gasteiger partial charge in [-0.15, -0.1) is 0 Å². The molecule has 0 bridgehead atoms. The number of unbranched alkanes of at least 4 members (excludes halogenated alkanes) is 1. The topological polar surface area (TPSA) is 285 Å². The monoisotopic (exact) mass is 924 g/mol. The summed E-state index contributed by atoms with van der Waals surface area (Å²) >= 11 is 0. The van der Waals surface area contributed by atoms with Crippen LogP contribution >= 0.6 is 0 Å². The number of nitrogens with zero attached hydrogens (tertiary/aromatic N) is 3. The number of aliphatic carboxylic acids is 3. The second-order valence-electron chi connectivity index (χ2n) is 14.2. The van der Waals surface area contributed by atoms with Gasteiger partial charge in [-0.3, -0.25) is 24.5 Å². The molecule has 2 rings (SSSR count). The lowest BCUT2D eigenvalue weighted by molar-refractivity contribution is -0.140. The Morgan fingerprint density at radius 3 is 1.34 bits per heavy atom. The van der Waals surface area contributed by atoms with Crippen LogP contribution in [0.4, 0.5) is 4.79 Å². The predicted molar refractivity (Wildman–Crippen MR) is 232 cm³/mol. The maximum atomic E-state index is 12.1. The van der Waals surface area contributed by atoms with Crippen molar-refractivity contribution in [1.82, 2.24) is 30.8 Å². The van der Waals surface area contributed by atoms with Crippen molar-refractivity contribution in [2.45, 2.75) is 63.7 Å². The SMILES string of the molecule is O=C(O)CC[C@H](NC(=O)N[C@H](CCCCNC(=O)CCOCCOCCOCCOCCOCCOCCOCCOCCN(Cc1ccccn1)Cc1ccccn1)C(=O)O)C(=O)O. The van der Waals surface area contributed by atoms with Gasteiger partial charge in [-0.1, -0.05) is 12.1 Å². The number of pyridine rings is 2. The van der Waals surface area contributed by atoms with Crippen LogP contribution in [0.1, 0.15) is 49.9 Å². The molecular formula is C43H68N6O16. The maximum absolute atomic E-state index is 12.1. The first-order chi connectivity index (χ1) is 31.6. The Bertz CT molecular complexity index is 1510. The third kappa shape index (κ3) is 32.4. The third-order valence-electron chi connectivity index (χ3n) is 8.95. The highest BCUT2D eigenvalue weighted by atomic mass is 16.6. The maximum Gasteiger partial charge on any atom is 0.326 e. The van der Waals surface area contributed by atoms with E-state index in [2.05, 4.69) is 30.8 Å². The number of hydrogen-bond acceptors (Lipinski definition) is 16. The van der Waals surface area contributed by atoms with Crippen LogP contribution in [-0.4, -0.2) is 191 Å². The second-order valence-corrected chi connectivity index (χ2v) is 14.2. The number of aromatic nitrogens is 2. The fourth-order valence-electron chi connectivity index (χ4n) is 5.59. The van der Waals surface area contributed by atoms with Crippen LogP contribution in [0, 0.1) is 0 Å². The highest BCUT2D eigenvalue weighted by Crippen LogP contribution is 2.07. The zero-order chi connectivity index (χ0) is 47.0. The normalized spacial score (nSPS) is 12.1. The molecule has 0 aromatic carbocycles. The van der Waals surface area contributed by atoms with Gasteiger partial charge in [-0.05, 0) is 49.9 Å². The first kappa shape index (κ1) is 56.2. The Morgan fingerprint density at radius 1 is 0.523 bits per heavy atom. The molecule has 0 saturated carbocycles. The lowest BCUT2D eigenvalue weighted by Crippen LogP contribution is -2.51. The summed E-state index contributed by atoms with van der Waals surface area (Å²) in [6.07, 6.45) is 3.69. The van der Waals surface area contributed by atoms with E-state index in [-0.39, 0.29) is 38.3 Å². The lowest BCUT2D eigenvalue weighted by Gasteiger charge is -2.21. The summed E-state index contributed by atoms with van der Waals surface area (Å²) in [6.45, 7) is 9.20. The zero-order valence-electron chi connectivity index (χ0n) is 37.1. The molecule has 0 aliphatic carbocycles. The molecule has 3 amide bonds. The van der Waals surface area contributed by atoms with Gasteiger partial charge in [-0.25, -0.2) is 14.4 Å². The largest absolute Gasteiger partial charge is 0.481 e. The molecule has 0 aliphatic rings. The lowest BCUT2D eigenvalue weighted by atomic mass is 10.1. The van der Waals surface area contributed by atoms with Crippen molar-refractivity contribution in [2.24, 2.45) is 0 Å². The van der Waals surface area contributed by atoms with E-state index in [1.165, 1.54) is 0 Å². The fourth-order valence-corrected chi connectivity index (χ4v) is 5.59. The van der Waals surface area contributed by atoms with Crippen molar-refractivity contribution < 1.29 is 77.2 Å². The molecule has 0 aliphatic heterocycles. The van der Waals surface area contributed by atoms with Crippen LogP contribution in [0.3, 0.4) is 0 Å². The number of carbonyl (C=O) groups is 5. The molecule has 2 atom stereocenters. The Hall–Kier alpha value is -4.91. The highest BCUT2D eigenvalue weighted by Gasteiger charge is 2.24. The van der Waals surface area contributed by atoms with Gasteiger partial charge in [0.05, 0.1) is 117 Å². The Labute approximate surface area is 379 Å². The number of hydrogen-bond donors (Lipinski definition) is 6. The number of ether oxygens (including phenoxy) is 8. The van der Waals surface area contributed by atoms with E-state index >= 15 is 0 Å². The molecule has 0 spiro atoms. The Kier molecular flexibility index (Phi) is 33.2. The number of nitrogens with one attached hydrogen (secondary N) is 3. The van der Waals surface area contributed by atoms with Crippen molar-refractivity contribution >= 4 is 29.8 Å². The van der Waals surface area contributed by atoms with E-state index in [1.54, 1.807) is 12.4 Å². The Morgan fingerprint density at radius 2 is 0.938 bits per heavy atom. The standard InChI is InChI=1S/C43H68N6O16/c50-39(46-15-6-3-9-37(41(53)54)47-43(57)48-38(42(55)56)10-11-40(51)52)12-17-58-19-21-60-23-25-62-27-29-64-31-32-65-30-28-63-26-24-61-22-20-59-18-16-49(33-35-7-1-4-13-44-35)34-36-8-2-5-14-45-36/h1-2,4-5,7-8,13-14,37-38H,3,6,9-12,15-34H2,(H,46,50)(H,51,52)(H,53,54)(H,55,56)(H2,47,48,57)/t37-,38+/m1/s1. The van der Waals surface area contributed by atoms with E-state index in [0.29, 0.717) is 125 Å². The summed E-state index contributed by atoms with van der Waals surface area (Å²) in [5, 5.41) is 34.2. The predicted octanol–water partition coefficient (Wildman–Crippen LogP) is 1.36. The van der Waals surface area contributed by atoms with Crippen molar-refractivity contribution in [3.05, 3.63) is 60.2 Å². The van der Waals surface area contributed by atoms with Gasteiger partial charge in [0.15, 0.2) is 0 Å². The van der Waals surface area contributed by atoms with E-state index in [0.717, 1.165) is 17.9 Å². The van der Waals surface area contributed by atoms with Crippen LogP contribution < -0.4 is 16.0 Å². The van der Waals surface area contributed by atoms with E-state index < -0.39 is 42.4 Å². The average molecular weight is 925 g/mol. The first-order valence-electron chi connectivity index (χ1n) is 21.8. The smallest absolute Gasteiger partial charge is 0.326 e. The van der Waals surface area contributed by atoms with Gasteiger partial charge in [-0.2, -0.15) is 0 Å². The van der Waals surface area contributed by atoms with Crippen LogP contribution in [0.15, 0.2) is 48.8 Å². The van der Waals surface area contributed by atoms with Gasteiger partial charge < -0.3 is 69.2 Å². The summed E-state index contributed by atoms with van der Waals surface area (Å²) in [5.74, 6) is -4.23. The van der Waals surface area contributed by atoms with Gasteiger partial charge in [0.1, 0.15) is 12.1 Å². The van der Waals surface area contributed by atoms with Gasteiger partial charge in [0.2, 0.25) is 5.91 Å². The number of carbonyl (C=O) groups excluding carboxylic acids is 2. The van der Waals surface area contributed by atoms with Gasteiger partial charge in [0.25, 0.3) is 0 Å². The van der Waals surface area contributed by atoms with Gasteiger partial charge >= 0.3 is 23.9 Å². The summed E-state index contributed by atoms with van der Waals surface area (Å²) in [6, 6.07) is 8.00. The van der Waals surface area contributed by atoms with Crippen molar-refractivity contribution in [2.75, 3.05) is 119 Å². The van der Waals surface area contributed by atoms with Crippen LogP contribution in [0.2, 0.25) is 0 Å². The minimum Gasteiger partial charge on any atom is -0.481 e. The summed E-state index contributed by atoms with van der Waals surface area (Å²) in [4.78, 5) is 68.7. The number of amides is 3. The number of urea groups is 1. The van der Waals surface area contributed by atoms with Crippen molar-refractivity contribution in [3.63, 3.8) is 0 Å². The molecule has 2 aromatic rings. The number of carboxylic acids is 3. The summed E-state index contributed by atoms with van der Waals surface area (Å²) in [5.41, 5.74) is 2.00. The molecule has 2 aromatic heterocycles. The van der Waals surface area contributed by atoms with E-state index in [9.17, 15) is 29.1 Å². The van der Waals surface area contributed by atoms with E-state index in [4.69, 9.17) is 48.1 Å². The molecule has 22 heteroatoms. The molecular weight excluding hydrogens is 856 g/mol. The molecule has 65 heavy (non-hydrogen) atoms. The number of rotatable bonds is 43. The molecule has 22 nitrogen and oxygen atoms in total. The molecule has 0 fully saturated rings. The Balaban J connectivity index is 1.29. The second kappa shape index (κ2) is 38.4. The van der Waals surface area contributed by atoms with Crippen LogP contribution in [0.25, 0.3) is 0 Å². The summed E-state index contributed by atoms with van der Waals surface area (Å²) < 4.78 is 44.3. The van der Waals surface area contributed by atoms with Crippen LogP contribution in [0.5, 0.6) is 0 Å². The molecule has 0 radical (unpaired) electrons. The third-order valence-corrected chi connectivity index (χ3v) is 8.95. The first-order valence-corrected chi connectivity index (χ1v) is 21.8.